The molecular formula is C16H22N2O2. The van der Waals surface area contributed by atoms with Crippen molar-refractivity contribution in [3.8, 4) is 11.5 Å². The van der Waals surface area contributed by atoms with Crippen molar-refractivity contribution in [3.63, 3.8) is 0 Å². The SMILES string of the molecule is c1cc2c(cc1CN1CCC3CCC(C1)N3)OCCO2. The summed E-state index contributed by atoms with van der Waals surface area (Å²) in [5.41, 5.74) is 1.33. The van der Waals surface area contributed by atoms with E-state index in [9.17, 15) is 0 Å². The lowest BCUT2D eigenvalue weighted by molar-refractivity contribution is 0.171. The van der Waals surface area contributed by atoms with E-state index < -0.39 is 0 Å². The Kier molecular flexibility index (Phi) is 3.28. The molecule has 2 bridgehead atoms. The molecule has 0 saturated carbocycles. The first-order valence-electron chi connectivity index (χ1n) is 7.74. The Hall–Kier alpha value is -1.26. The third-order valence-electron chi connectivity index (χ3n) is 4.62. The van der Waals surface area contributed by atoms with Gasteiger partial charge in [-0.1, -0.05) is 6.07 Å². The zero-order chi connectivity index (χ0) is 13.4. The lowest BCUT2D eigenvalue weighted by Crippen LogP contribution is -2.34. The van der Waals surface area contributed by atoms with E-state index in [1.165, 1.54) is 37.9 Å². The molecule has 3 aliphatic heterocycles. The van der Waals surface area contributed by atoms with Crippen molar-refractivity contribution in [1.29, 1.82) is 0 Å². The zero-order valence-electron chi connectivity index (χ0n) is 11.8. The van der Waals surface area contributed by atoms with Crippen molar-refractivity contribution >= 4 is 0 Å². The van der Waals surface area contributed by atoms with E-state index in [0.29, 0.717) is 19.3 Å². The van der Waals surface area contributed by atoms with Crippen molar-refractivity contribution in [2.24, 2.45) is 0 Å². The van der Waals surface area contributed by atoms with E-state index in [1.807, 2.05) is 6.07 Å². The Bertz CT molecular complexity index is 491. The van der Waals surface area contributed by atoms with Crippen molar-refractivity contribution in [2.45, 2.75) is 37.9 Å². The van der Waals surface area contributed by atoms with Crippen molar-refractivity contribution in [3.05, 3.63) is 23.8 Å². The molecule has 2 unspecified atom stereocenters. The van der Waals surface area contributed by atoms with E-state index in [0.717, 1.165) is 24.1 Å². The number of hydrogen-bond acceptors (Lipinski definition) is 4. The van der Waals surface area contributed by atoms with E-state index in [-0.39, 0.29) is 0 Å². The summed E-state index contributed by atoms with van der Waals surface area (Å²) in [5, 5.41) is 3.73. The van der Waals surface area contributed by atoms with Crippen LogP contribution in [0.2, 0.25) is 0 Å². The molecule has 4 rings (SSSR count). The Balaban J connectivity index is 1.45. The van der Waals surface area contributed by atoms with Crippen LogP contribution in [0.15, 0.2) is 18.2 Å². The fourth-order valence-electron chi connectivity index (χ4n) is 3.60. The van der Waals surface area contributed by atoms with Gasteiger partial charge in [-0.25, -0.2) is 0 Å². The second-order valence-corrected chi connectivity index (χ2v) is 6.14. The van der Waals surface area contributed by atoms with Crippen LogP contribution in [0.4, 0.5) is 0 Å². The van der Waals surface area contributed by atoms with Gasteiger partial charge in [0, 0.05) is 31.7 Å². The Morgan fingerprint density at radius 2 is 1.90 bits per heavy atom. The minimum Gasteiger partial charge on any atom is -0.486 e. The maximum Gasteiger partial charge on any atom is 0.161 e. The van der Waals surface area contributed by atoms with Crippen LogP contribution in [-0.2, 0) is 6.54 Å². The monoisotopic (exact) mass is 274 g/mol. The standard InChI is InChI=1S/C16H22N2O2/c1-4-15-16(20-8-7-19-15)9-12(1)10-18-6-5-13-2-3-14(11-18)17-13/h1,4,9,13-14,17H,2-3,5-8,10-11H2. The summed E-state index contributed by atoms with van der Waals surface area (Å²) in [6.07, 6.45) is 3.98. The molecule has 4 heteroatoms. The van der Waals surface area contributed by atoms with Crippen LogP contribution in [0.25, 0.3) is 0 Å². The highest BCUT2D eigenvalue weighted by Gasteiger charge is 2.29. The van der Waals surface area contributed by atoms with Gasteiger partial charge in [-0.15, -0.1) is 0 Å². The highest BCUT2D eigenvalue weighted by Crippen LogP contribution is 2.31. The summed E-state index contributed by atoms with van der Waals surface area (Å²) >= 11 is 0. The minimum atomic E-state index is 0.660. The minimum absolute atomic E-state index is 0.660. The molecule has 0 radical (unpaired) electrons. The zero-order valence-corrected chi connectivity index (χ0v) is 11.8. The van der Waals surface area contributed by atoms with Gasteiger partial charge < -0.3 is 14.8 Å². The number of nitrogens with one attached hydrogen (secondary N) is 1. The fourth-order valence-corrected chi connectivity index (χ4v) is 3.60. The molecule has 3 aliphatic rings. The topological polar surface area (TPSA) is 33.7 Å². The number of ether oxygens (including phenoxy) is 2. The van der Waals surface area contributed by atoms with Gasteiger partial charge in [0.15, 0.2) is 11.5 Å². The Labute approximate surface area is 120 Å². The van der Waals surface area contributed by atoms with Crippen LogP contribution in [-0.4, -0.2) is 43.3 Å². The molecule has 0 aromatic heterocycles. The van der Waals surface area contributed by atoms with E-state index in [4.69, 9.17) is 9.47 Å². The van der Waals surface area contributed by atoms with Gasteiger partial charge in [-0.3, -0.25) is 4.90 Å². The van der Waals surface area contributed by atoms with E-state index >= 15 is 0 Å². The normalized spacial score (nSPS) is 29.2. The molecule has 20 heavy (non-hydrogen) atoms. The Morgan fingerprint density at radius 1 is 1.05 bits per heavy atom. The maximum absolute atomic E-state index is 5.67. The summed E-state index contributed by atoms with van der Waals surface area (Å²) in [6.45, 7) is 4.70. The number of likely N-dealkylation sites (tertiary alicyclic amines) is 1. The summed E-state index contributed by atoms with van der Waals surface area (Å²) in [7, 11) is 0. The van der Waals surface area contributed by atoms with Gasteiger partial charge in [-0.05, 0) is 37.0 Å². The van der Waals surface area contributed by atoms with Crippen LogP contribution >= 0.6 is 0 Å². The summed E-state index contributed by atoms with van der Waals surface area (Å²) in [5.74, 6) is 1.79. The van der Waals surface area contributed by atoms with Gasteiger partial charge in [0.1, 0.15) is 13.2 Å². The van der Waals surface area contributed by atoms with Gasteiger partial charge in [0.05, 0.1) is 0 Å². The lowest BCUT2D eigenvalue weighted by atomic mass is 10.1. The van der Waals surface area contributed by atoms with Crippen LogP contribution in [0, 0.1) is 0 Å². The number of rotatable bonds is 2. The van der Waals surface area contributed by atoms with Crippen molar-refractivity contribution < 1.29 is 9.47 Å². The predicted octanol–water partition coefficient (Wildman–Crippen LogP) is 1.78. The largest absolute Gasteiger partial charge is 0.486 e. The molecule has 0 aliphatic carbocycles. The van der Waals surface area contributed by atoms with Crippen molar-refractivity contribution in [1.82, 2.24) is 10.2 Å². The van der Waals surface area contributed by atoms with E-state index in [2.05, 4.69) is 22.3 Å². The molecular weight excluding hydrogens is 252 g/mol. The third-order valence-corrected chi connectivity index (χ3v) is 4.62. The van der Waals surface area contributed by atoms with Crippen LogP contribution < -0.4 is 14.8 Å². The fraction of sp³-hybridized carbons (Fsp3) is 0.625. The number of fused-ring (bicyclic) bond motifs is 3. The molecule has 1 N–H and O–H groups in total. The van der Waals surface area contributed by atoms with Crippen LogP contribution in [0.3, 0.4) is 0 Å². The van der Waals surface area contributed by atoms with Gasteiger partial charge >= 0.3 is 0 Å². The lowest BCUT2D eigenvalue weighted by Gasteiger charge is -2.25. The number of hydrogen-bond donors (Lipinski definition) is 1. The number of nitrogens with zero attached hydrogens (tertiary/aromatic N) is 1. The molecule has 3 heterocycles. The predicted molar refractivity (Wildman–Crippen MR) is 77.3 cm³/mol. The Morgan fingerprint density at radius 3 is 2.85 bits per heavy atom. The summed E-state index contributed by atoms with van der Waals surface area (Å²) < 4.78 is 11.3. The average Bonchev–Trinajstić information content (AvgIpc) is 2.81. The van der Waals surface area contributed by atoms with Crippen molar-refractivity contribution in [2.75, 3.05) is 26.3 Å². The number of benzene rings is 1. The third kappa shape index (κ3) is 2.50. The molecule has 1 aromatic carbocycles. The molecule has 2 saturated heterocycles. The van der Waals surface area contributed by atoms with Gasteiger partial charge in [0.2, 0.25) is 0 Å². The molecule has 4 nitrogen and oxygen atoms in total. The molecule has 2 fully saturated rings. The van der Waals surface area contributed by atoms with Crippen LogP contribution in [0.1, 0.15) is 24.8 Å². The van der Waals surface area contributed by atoms with Gasteiger partial charge in [0.25, 0.3) is 0 Å². The first-order valence-corrected chi connectivity index (χ1v) is 7.74. The molecule has 0 amide bonds. The second kappa shape index (κ2) is 5.26. The first-order chi connectivity index (χ1) is 9.87. The molecule has 108 valence electrons. The smallest absolute Gasteiger partial charge is 0.161 e. The highest BCUT2D eigenvalue weighted by molar-refractivity contribution is 5.43. The van der Waals surface area contributed by atoms with Gasteiger partial charge in [-0.2, -0.15) is 0 Å². The molecule has 0 spiro atoms. The molecule has 2 atom stereocenters. The second-order valence-electron chi connectivity index (χ2n) is 6.14. The first kappa shape index (κ1) is 12.5. The van der Waals surface area contributed by atoms with Crippen LogP contribution in [0.5, 0.6) is 11.5 Å². The maximum atomic E-state index is 5.67. The molecule has 1 aromatic rings. The highest BCUT2D eigenvalue weighted by atomic mass is 16.6. The summed E-state index contributed by atoms with van der Waals surface area (Å²) in [6, 6.07) is 7.81. The summed E-state index contributed by atoms with van der Waals surface area (Å²) in [4.78, 5) is 2.57. The average molecular weight is 274 g/mol. The quantitative estimate of drug-likeness (QED) is 0.891. The van der Waals surface area contributed by atoms with E-state index in [1.54, 1.807) is 0 Å².